The Morgan fingerprint density at radius 3 is 0.718 bits per heavy atom. The van der Waals surface area contributed by atoms with Crippen molar-refractivity contribution in [2.75, 3.05) is 13.2 Å². The van der Waals surface area contributed by atoms with Crippen molar-refractivity contribution in [3.8, 4) is 0 Å². The van der Waals surface area contributed by atoms with E-state index in [0.29, 0.717) is 25.9 Å². The van der Waals surface area contributed by atoms with Crippen LogP contribution >= 0.6 is 0 Å². The smallest absolute Gasteiger partial charge is 0.305 e. The molecule has 0 aromatic rings. The Bertz CT molecular complexity index is 1240. The minimum atomic E-state index is -0.662. The number of hydrogen-bond donors (Lipinski definition) is 3. The number of hydrogen-bond acceptors (Lipinski definition) is 5. The second-order valence-corrected chi connectivity index (χ2v) is 27.8. The van der Waals surface area contributed by atoms with Crippen LogP contribution in [-0.2, 0) is 14.3 Å². The number of unbranched alkanes of at least 4 members (excludes halogenated alkanes) is 65. The largest absolute Gasteiger partial charge is 0.466 e. The first kappa shape index (κ1) is 83.9. The van der Waals surface area contributed by atoms with Crippen LogP contribution in [0.3, 0.4) is 0 Å². The van der Waals surface area contributed by atoms with Gasteiger partial charge >= 0.3 is 5.97 Å². The third-order valence-corrected chi connectivity index (χ3v) is 19.2. The molecule has 3 N–H and O–H groups in total. The molecule has 0 fully saturated rings. The maximum atomic E-state index is 12.6. The molecule has 0 bridgehead atoms. The van der Waals surface area contributed by atoms with Crippen LogP contribution in [0, 0.1) is 0 Å². The van der Waals surface area contributed by atoms with Crippen molar-refractivity contribution in [1.82, 2.24) is 5.32 Å². The molecule has 6 nitrogen and oxygen atoms in total. The van der Waals surface area contributed by atoms with E-state index in [1.54, 1.807) is 0 Å². The van der Waals surface area contributed by atoms with Crippen LogP contribution in [0.2, 0.25) is 0 Å². The average Bonchev–Trinajstić information content (AvgIpc) is 3.53. The second kappa shape index (κ2) is 75.3. The molecule has 1 amide bonds. The summed E-state index contributed by atoms with van der Waals surface area (Å²) < 4.78 is 5.50. The van der Waals surface area contributed by atoms with Gasteiger partial charge < -0.3 is 20.3 Å². The number of amides is 1. The molecule has 6 heteroatoms. The van der Waals surface area contributed by atoms with Gasteiger partial charge in [0.15, 0.2) is 0 Å². The standard InChI is InChI=1S/C79H157NO5/c1-3-5-7-9-11-13-15-17-18-19-20-21-22-29-32-35-38-41-44-48-51-55-59-63-67-71-77(82)76(75-81)80-78(83)72-68-64-60-56-52-49-45-42-39-36-33-30-27-25-23-24-26-28-31-34-37-40-43-46-50-54-58-62-66-70-74-85-79(84)73-69-65-61-57-53-47-16-14-12-10-8-6-4-2/h76-77,81-82H,3-75H2,1-2H3,(H,80,83). The number of rotatable bonds is 76. The number of carbonyl (C=O) groups is 2. The maximum Gasteiger partial charge on any atom is 0.305 e. The predicted octanol–water partition coefficient (Wildman–Crippen LogP) is 26.1. The maximum absolute atomic E-state index is 12.6. The minimum Gasteiger partial charge on any atom is -0.466 e. The van der Waals surface area contributed by atoms with Gasteiger partial charge in [0.1, 0.15) is 0 Å². The molecule has 0 heterocycles. The van der Waals surface area contributed by atoms with E-state index in [1.807, 2.05) is 0 Å². The number of nitrogens with one attached hydrogen (secondary N) is 1. The summed E-state index contributed by atoms with van der Waals surface area (Å²) >= 11 is 0. The summed E-state index contributed by atoms with van der Waals surface area (Å²) in [6, 6.07) is -0.539. The molecule has 0 radical (unpaired) electrons. The molecule has 0 spiro atoms. The van der Waals surface area contributed by atoms with E-state index in [1.165, 1.54) is 398 Å². The summed E-state index contributed by atoms with van der Waals surface area (Å²) in [5.41, 5.74) is 0. The Morgan fingerprint density at radius 2 is 0.482 bits per heavy atom. The summed E-state index contributed by atoms with van der Waals surface area (Å²) in [5, 5.41) is 23.5. The summed E-state index contributed by atoms with van der Waals surface area (Å²) in [4.78, 5) is 24.6. The van der Waals surface area contributed by atoms with E-state index in [4.69, 9.17) is 4.74 Å². The summed E-state index contributed by atoms with van der Waals surface area (Å²) in [6.07, 6.45) is 93.4. The molecule has 508 valence electrons. The monoisotopic (exact) mass is 1200 g/mol. The van der Waals surface area contributed by atoms with Crippen molar-refractivity contribution in [2.45, 2.75) is 482 Å². The van der Waals surface area contributed by atoms with E-state index < -0.39 is 12.1 Å². The van der Waals surface area contributed by atoms with Crippen molar-refractivity contribution in [3.05, 3.63) is 0 Å². The van der Waals surface area contributed by atoms with Crippen molar-refractivity contribution in [3.63, 3.8) is 0 Å². The predicted molar refractivity (Wildman–Crippen MR) is 375 cm³/mol. The number of ether oxygens (including phenoxy) is 1. The van der Waals surface area contributed by atoms with E-state index >= 15 is 0 Å². The Morgan fingerprint density at radius 1 is 0.282 bits per heavy atom. The first-order valence-corrected chi connectivity index (χ1v) is 39.8. The third kappa shape index (κ3) is 71.8. The van der Waals surface area contributed by atoms with Crippen LogP contribution in [0.1, 0.15) is 470 Å². The van der Waals surface area contributed by atoms with Gasteiger partial charge in [0.05, 0.1) is 25.4 Å². The van der Waals surface area contributed by atoms with Crippen LogP contribution in [-0.4, -0.2) is 47.4 Å². The van der Waals surface area contributed by atoms with Gasteiger partial charge in [0.2, 0.25) is 5.91 Å². The zero-order valence-corrected chi connectivity index (χ0v) is 58.4. The highest BCUT2D eigenvalue weighted by atomic mass is 16.5. The highest BCUT2D eigenvalue weighted by Crippen LogP contribution is 2.21. The zero-order valence-electron chi connectivity index (χ0n) is 58.4. The summed E-state index contributed by atoms with van der Waals surface area (Å²) in [7, 11) is 0. The van der Waals surface area contributed by atoms with Crippen LogP contribution in [0.25, 0.3) is 0 Å². The molecule has 0 aromatic carbocycles. The van der Waals surface area contributed by atoms with Gasteiger partial charge in [-0.3, -0.25) is 9.59 Å². The lowest BCUT2D eigenvalue weighted by Crippen LogP contribution is -2.45. The first-order chi connectivity index (χ1) is 42.0. The van der Waals surface area contributed by atoms with Gasteiger partial charge in [-0.25, -0.2) is 0 Å². The summed E-state index contributed by atoms with van der Waals surface area (Å²) in [6.45, 7) is 5.02. The van der Waals surface area contributed by atoms with Gasteiger partial charge in [-0.15, -0.1) is 0 Å². The Kier molecular flexibility index (Phi) is 74.3. The van der Waals surface area contributed by atoms with Gasteiger partial charge in [0.25, 0.3) is 0 Å². The SMILES string of the molecule is CCCCCCCCCCCCCCCCCCCCCCCCCCCC(O)C(CO)NC(=O)CCCCCCCCCCCCCCCCCCCCCCCCCCCCCCCCOC(=O)CCCCCCCCCCCCCCC. The van der Waals surface area contributed by atoms with Gasteiger partial charge in [-0.2, -0.15) is 0 Å². The van der Waals surface area contributed by atoms with E-state index in [0.717, 1.165) is 38.5 Å². The Balaban J connectivity index is 3.33. The molecule has 0 aliphatic rings. The van der Waals surface area contributed by atoms with Crippen molar-refractivity contribution in [1.29, 1.82) is 0 Å². The third-order valence-electron chi connectivity index (χ3n) is 19.2. The Hall–Kier alpha value is -1.14. The fourth-order valence-corrected chi connectivity index (χ4v) is 13.1. The molecule has 0 rings (SSSR count). The number of aliphatic hydroxyl groups excluding tert-OH is 2. The van der Waals surface area contributed by atoms with Crippen molar-refractivity contribution in [2.24, 2.45) is 0 Å². The van der Waals surface area contributed by atoms with Gasteiger partial charge in [-0.05, 0) is 25.7 Å². The molecule has 0 aromatic heterocycles. The lowest BCUT2D eigenvalue weighted by Gasteiger charge is -2.22. The molecule has 2 atom stereocenters. The quantitative estimate of drug-likeness (QED) is 0.0417. The van der Waals surface area contributed by atoms with E-state index in [2.05, 4.69) is 19.2 Å². The fraction of sp³-hybridized carbons (Fsp3) is 0.975. The van der Waals surface area contributed by atoms with Crippen LogP contribution in [0.15, 0.2) is 0 Å². The molecule has 85 heavy (non-hydrogen) atoms. The zero-order chi connectivity index (χ0) is 61.3. The highest BCUT2D eigenvalue weighted by molar-refractivity contribution is 5.76. The van der Waals surface area contributed by atoms with Crippen molar-refractivity contribution >= 4 is 11.9 Å². The molecule has 0 aliphatic carbocycles. The van der Waals surface area contributed by atoms with E-state index in [9.17, 15) is 19.8 Å². The second-order valence-electron chi connectivity index (χ2n) is 27.8. The molecular formula is C79H157NO5. The minimum absolute atomic E-state index is 0.0232. The molecule has 0 saturated heterocycles. The molecular weight excluding hydrogens is 1040 g/mol. The highest BCUT2D eigenvalue weighted by Gasteiger charge is 2.20. The molecule has 0 aliphatic heterocycles. The number of aliphatic hydroxyl groups is 2. The van der Waals surface area contributed by atoms with Crippen LogP contribution in [0.5, 0.6) is 0 Å². The van der Waals surface area contributed by atoms with E-state index in [-0.39, 0.29) is 18.5 Å². The lowest BCUT2D eigenvalue weighted by atomic mass is 10.0. The van der Waals surface area contributed by atoms with Crippen molar-refractivity contribution < 1.29 is 24.5 Å². The molecule has 0 saturated carbocycles. The lowest BCUT2D eigenvalue weighted by molar-refractivity contribution is -0.143. The van der Waals surface area contributed by atoms with Gasteiger partial charge in [0, 0.05) is 12.8 Å². The van der Waals surface area contributed by atoms with Gasteiger partial charge in [-0.1, -0.05) is 431 Å². The normalized spacial score (nSPS) is 12.4. The fourth-order valence-electron chi connectivity index (χ4n) is 13.1. The van der Waals surface area contributed by atoms with Crippen LogP contribution in [0.4, 0.5) is 0 Å². The number of esters is 1. The topological polar surface area (TPSA) is 95.9 Å². The van der Waals surface area contributed by atoms with Crippen LogP contribution < -0.4 is 5.32 Å². The number of carbonyl (C=O) groups excluding carboxylic acids is 2. The first-order valence-electron chi connectivity index (χ1n) is 39.8. The Labute approximate surface area is 534 Å². The molecule has 2 unspecified atom stereocenters. The average molecular weight is 1200 g/mol. The summed E-state index contributed by atoms with van der Waals surface area (Å²) in [5.74, 6) is -0.00107.